The lowest BCUT2D eigenvalue weighted by Crippen LogP contribution is -2.27. The molecule has 0 saturated carbocycles. The smallest absolute Gasteiger partial charge is 0.210 e. The Kier molecular flexibility index (Phi) is 4.59. The number of rotatable bonds is 5. The Morgan fingerprint density at radius 3 is 2.16 bits per heavy atom. The standard InChI is InChI=1S/C10H12N2O5S2/c1-3-12(2)19(16,17)10-7-5-4-6-9(10)18(14,15)11-8-13/h4-7H,3H2,1-2H3. The molecule has 0 aromatic heterocycles. The summed E-state index contributed by atoms with van der Waals surface area (Å²) < 4.78 is 51.4. The van der Waals surface area contributed by atoms with Crippen LogP contribution in [0.15, 0.2) is 38.5 Å². The first-order valence-electron chi connectivity index (χ1n) is 5.17. The zero-order valence-corrected chi connectivity index (χ0v) is 11.9. The lowest BCUT2D eigenvalue weighted by Gasteiger charge is -2.16. The van der Waals surface area contributed by atoms with Gasteiger partial charge in [0.1, 0.15) is 9.79 Å². The summed E-state index contributed by atoms with van der Waals surface area (Å²) in [4.78, 5) is 9.15. The third kappa shape index (κ3) is 3.07. The third-order valence-corrected chi connectivity index (χ3v) is 5.76. The van der Waals surface area contributed by atoms with Gasteiger partial charge in [0.25, 0.3) is 16.1 Å². The Morgan fingerprint density at radius 1 is 1.16 bits per heavy atom. The van der Waals surface area contributed by atoms with Gasteiger partial charge < -0.3 is 0 Å². The van der Waals surface area contributed by atoms with Gasteiger partial charge in [-0.2, -0.15) is 8.42 Å². The molecule has 0 saturated heterocycles. The molecule has 0 N–H and O–H groups in total. The molecule has 1 rings (SSSR count). The molecule has 0 aliphatic carbocycles. The van der Waals surface area contributed by atoms with Crippen LogP contribution in [-0.2, 0) is 24.8 Å². The van der Waals surface area contributed by atoms with Crippen LogP contribution in [0.3, 0.4) is 0 Å². The molecule has 104 valence electrons. The molecule has 19 heavy (non-hydrogen) atoms. The Balaban J connectivity index is 3.62. The van der Waals surface area contributed by atoms with E-state index in [0.29, 0.717) is 0 Å². The summed E-state index contributed by atoms with van der Waals surface area (Å²) in [7, 11) is -7.01. The van der Waals surface area contributed by atoms with Gasteiger partial charge >= 0.3 is 0 Å². The molecule has 0 atom stereocenters. The van der Waals surface area contributed by atoms with E-state index in [1.807, 2.05) is 0 Å². The van der Waals surface area contributed by atoms with Crippen molar-refractivity contribution in [1.82, 2.24) is 4.31 Å². The minimum atomic E-state index is -4.37. The van der Waals surface area contributed by atoms with E-state index < -0.39 is 29.8 Å². The van der Waals surface area contributed by atoms with E-state index in [-0.39, 0.29) is 6.54 Å². The first-order valence-corrected chi connectivity index (χ1v) is 8.05. The van der Waals surface area contributed by atoms with Gasteiger partial charge in [0.15, 0.2) is 0 Å². The quantitative estimate of drug-likeness (QED) is 0.577. The van der Waals surface area contributed by atoms with Crippen LogP contribution >= 0.6 is 0 Å². The second kappa shape index (κ2) is 5.62. The van der Waals surface area contributed by atoms with Crippen molar-refractivity contribution < 1.29 is 21.6 Å². The molecule has 9 heteroatoms. The largest absolute Gasteiger partial charge is 0.294 e. The van der Waals surface area contributed by atoms with Crippen LogP contribution in [0.1, 0.15) is 6.92 Å². The van der Waals surface area contributed by atoms with E-state index in [1.165, 1.54) is 19.2 Å². The molecule has 0 spiro atoms. The fraction of sp³-hybridized carbons (Fsp3) is 0.300. The van der Waals surface area contributed by atoms with Crippen LogP contribution in [0.5, 0.6) is 0 Å². The van der Waals surface area contributed by atoms with Crippen molar-refractivity contribution in [2.24, 2.45) is 4.40 Å². The Morgan fingerprint density at radius 2 is 1.68 bits per heavy atom. The summed E-state index contributed by atoms with van der Waals surface area (Å²) in [6, 6.07) is 4.96. The van der Waals surface area contributed by atoms with Crippen LogP contribution in [0.25, 0.3) is 0 Å². The molecule has 0 amide bonds. The van der Waals surface area contributed by atoms with Gasteiger partial charge in [0.2, 0.25) is 10.0 Å². The normalized spacial score (nSPS) is 12.2. The molecule has 0 unspecified atom stereocenters. The summed E-state index contributed by atoms with van der Waals surface area (Å²) in [5, 5.41) is 0. The van der Waals surface area contributed by atoms with E-state index >= 15 is 0 Å². The number of carbonyl (C=O) groups excluding carboxylic acids is 1. The second-order valence-electron chi connectivity index (χ2n) is 3.52. The highest BCUT2D eigenvalue weighted by Gasteiger charge is 2.28. The third-order valence-electron chi connectivity index (χ3n) is 2.42. The summed E-state index contributed by atoms with van der Waals surface area (Å²) in [5.41, 5.74) is 0. The van der Waals surface area contributed by atoms with Gasteiger partial charge in [0.05, 0.1) is 0 Å². The molecule has 1 aromatic rings. The Labute approximate surface area is 111 Å². The molecule has 1 aromatic carbocycles. The Hall–Kier alpha value is -1.54. The highest BCUT2D eigenvalue weighted by molar-refractivity contribution is 7.92. The fourth-order valence-corrected chi connectivity index (χ4v) is 3.96. The maximum absolute atomic E-state index is 12.2. The molecule has 0 aliphatic rings. The summed E-state index contributed by atoms with van der Waals surface area (Å²) in [5.74, 6) is 0. The number of sulfonamides is 2. The molecule has 0 bridgehead atoms. The Bertz CT molecular complexity index is 718. The van der Waals surface area contributed by atoms with Gasteiger partial charge in [-0.1, -0.05) is 23.5 Å². The summed E-state index contributed by atoms with van der Waals surface area (Å²) in [6.07, 6.45) is 0.907. The van der Waals surface area contributed by atoms with Crippen LogP contribution in [0.2, 0.25) is 0 Å². The molecular weight excluding hydrogens is 292 g/mol. The zero-order valence-electron chi connectivity index (χ0n) is 10.3. The molecule has 0 aliphatic heterocycles. The minimum Gasteiger partial charge on any atom is -0.210 e. The van der Waals surface area contributed by atoms with Gasteiger partial charge in [0, 0.05) is 13.6 Å². The molecular formula is C10H12N2O5S2. The first-order chi connectivity index (χ1) is 8.77. The van der Waals surface area contributed by atoms with E-state index in [1.54, 1.807) is 6.92 Å². The van der Waals surface area contributed by atoms with Gasteiger partial charge in [-0.3, -0.25) is 0 Å². The molecule has 0 radical (unpaired) electrons. The minimum absolute atomic E-state index is 0.174. The fourth-order valence-electron chi connectivity index (χ4n) is 1.31. The summed E-state index contributed by atoms with van der Waals surface area (Å²) >= 11 is 0. The van der Waals surface area contributed by atoms with Gasteiger partial charge in [-0.05, 0) is 12.1 Å². The van der Waals surface area contributed by atoms with Crippen molar-refractivity contribution in [3.05, 3.63) is 24.3 Å². The number of benzene rings is 1. The molecule has 0 fully saturated rings. The maximum atomic E-state index is 12.2. The SMILES string of the molecule is CCN(C)S(=O)(=O)c1ccccc1S(=O)(=O)N=C=O. The van der Waals surface area contributed by atoms with Crippen molar-refractivity contribution in [2.75, 3.05) is 13.6 Å². The van der Waals surface area contributed by atoms with Crippen molar-refractivity contribution in [1.29, 1.82) is 0 Å². The van der Waals surface area contributed by atoms with Crippen molar-refractivity contribution >= 4 is 26.1 Å². The van der Waals surface area contributed by atoms with Crippen molar-refractivity contribution in [3.8, 4) is 0 Å². The lowest BCUT2D eigenvalue weighted by atomic mass is 10.4. The molecule has 7 nitrogen and oxygen atoms in total. The lowest BCUT2D eigenvalue weighted by molar-refractivity contribution is 0.483. The highest BCUT2D eigenvalue weighted by Crippen LogP contribution is 2.24. The van der Waals surface area contributed by atoms with E-state index in [0.717, 1.165) is 22.5 Å². The van der Waals surface area contributed by atoms with Crippen LogP contribution in [0.4, 0.5) is 0 Å². The van der Waals surface area contributed by atoms with E-state index in [2.05, 4.69) is 4.40 Å². The average molecular weight is 304 g/mol. The predicted molar refractivity (Wildman–Crippen MR) is 67.2 cm³/mol. The monoisotopic (exact) mass is 304 g/mol. The predicted octanol–water partition coefficient (Wildman–Crippen LogP) is 0.352. The number of hydrogen-bond donors (Lipinski definition) is 0. The average Bonchev–Trinajstić information content (AvgIpc) is 2.37. The van der Waals surface area contributed by atoms with E-state index in [4.69, 9.17) is 0 Å². The highest BCUT2D eigenvalue weighted by atomic mass is 32.2. The summed E-state index contributed by atoms with van der Waals surface area (Å²) in [6.45, 7) is 1.78. The second-order valence-corrected chi connectivity index (χ2v) is 7.11. The first kappa shape index (κ1) is 15.5. The van der Waals surface area contributed by atoms with Crippen LogP contribution < -0.4 is 0 Å². The van der Waals surface area contributed by atoms with E-state index in [9.17, 15) is 21.6 Å². The van der Waals surface area contributed by atoms with Crippen molar-refractivity contribution in [2.45, 2.75) is 16.7 Å². The zero-order chi connectivity index (χ0) is 14.7. The topological polar surface area (TPSA) is 101 Å². The number of nitrogens with zero attached hydrogens (tertiary/aromatic N) is 2. The van der Waals surface area contributed by atoms with Crippen molar-refractivity contribution in [3.63, 3.8) is 0 Å². The van der Waals surface area contributed by atoms with Gasteiger partial charge in [-0.25, -0.2) is 17.5 Å². The van der Waals surface area contributed by atoms with Crippen LogP contribution in [0, 0.1) is 0 Å². The van der Waals surface area contributed by atoms with Gasteiger partial charge in [-0.15, -0.1) is 0 Å². The molecule has 0 heterocycles. The number of isocyanates is 1. The van der Waals surface area contributed by atoms with Crippen LogP contribution in [-0.4, -0.2) is 40.8 Å². The maximum Gasteiger partial charge on any atom is 0.294 e. The number of hydrogen-bond acceptors (Lipinski definition) is 5.